The summed E-state index contributed by atoms with van der Waals surface area (Å²) in [6, 6.07) is 13.8. The first kappa shape index (κ1) is 19.7. The number of thiazole rings is 1. The molecule has 0 spiro atoms. The van der Waals surface area contributed by atoms with Gasteiger partial charge in [-0.2, -0.15) is 4.99 Å². The first-order valence-electron chi connectivity index (χ1n) is 8.97. The molecule has 3 rings (SSSR count). The van der Waals surface area contributed by atoms with Crippen LogP contribution in [0.5, 0.6) is 11.5 Å². The number of hydrogen-bond donors (Lipinski definition) is 0. The number of carbonyl (C=O) groups is 1. The van der Waals surface area contributed by atoms with Crippen LogP contribution in [0.2, 0.25) is 0 Å². The van der Waals surface area contributed by atoms with Crippen LogP contribution in [0.3, 0.4) is 0 Å². The molecule has 1 heterocycles. The second kappa shape index (κ2) is 9.25. The molecule has 0 aliphatic rings. The van der Waals surface area contributed by atoms with Crippen molar-refractivity contribution < 1.29 is 14.3 Å². The molecule has 0 bridgehead atoms. The molecule has 3 aromatic rings. The third-order valence-electron chi connectivity index (χ3n) is 4.36. The fourth-order valence-corrected chi connectivity index (χ4v) is 4.18. The highest BCUT2D eigenvalue weighted by Crippen LogP contribution is 2.35. The Morgan fingerprint density at radius 2 is 1.86 bits per heavy atom. The van der Waals surface area contributed by atoms with Crippen LogP contribution >= 0.6 is 11.3 Å². The molecule has 2 aromatic carbocycles. The Labute approximate surface area is 168 Å². The number of methoxy groups -OCH3 is 2. The minimum Gasteiger partial charge on any atom is -0.495 e. The van der Waals surface area contributed by atoms with Crippen molar-refractivity contribution in [1.29, 1.82) is 0 Å². The number of fused-ring (bicyclic) bond motifs is 1. The van der Waals surface area contributed by atoms with E-state index in [2.05, 4.69) is 23.0 Å². The Balaban J connectivity index is 1.91. The van der Waals surface area contributed by atoms with Gasteiger partial charge in [-0.05, 0) is 30.5 Å². The van der Waals surface area contributed by atoms with E-state index in [-0.39, 0.29) is 5.91 Å². The lowest BCUT2D eigenvalue weighted by Gasteiger charge is -2.08. The molecular formula is C22H22N2O3S. The number of amides is 1. The average molecular weight is 394 g/mol. The van der Waals surface area contributed by atoms with Gasteiger partial charge in [0, 0.05) is 6.42 Å². The molecule has 6 heteroatoms. The molecule has 0 N–H and O–H groups in total. The molecule has 0 unspecified atom stereocenters. The number of aromatic nitrogens is 1. The lowest BCUT2D eigenvalue weighted by molar-refractivity contribution is -0.118. The van der Waals surface area contributed by atoms with Crippen molar-refractivity contribution in [3.63, 3.8) is 0 Å². The predicted molar refractivity (Wildman–Crippen MR) is 112 cm³/mol. The third kappa shape index (κ3) is 4.26. The van der Waals surface area contributed by atoms with Gasteiger partial charge >= 0.3 is 0 Å². The van der Waals surface area contributed by atoms with E-state index in [1.54, 1.807) is 14.2 Å². The van der Waals surface area contributed by atoms with Crippen molar-refractivity contribution in [2.45, 2.75) is 25.8 Å². The minimum atomic E-state index is -0.161. The average Bonchev–Trinajstić information content (AvgIpc) is 3.06. The molecule has 0 aliphatic heterocycles. The number of benzene rings is 2. The number of terminal acetylenes is 1. The molecule has 0 atom stereocenters. The largest absolute Gasteiger partial charge is 0.495 e. The highest BCUT2D eigenvalue weighted by atomic mass is 32.1. The molecule has 28 heavy (non-hydrogen) atoms. The highest BCUT2D eigenvalue weighted by Gasteiger charge is 2.16. The van der Waals surface area contributed by atoms with E-state index in [0.717, 1.165) is 23.1 Å². The minimum absolute atomic E-state index is 0.161. The summed E-state index contributed by atoms with van der Waals surface area (Å²) >= 11 is 1.38. The quantitative estimate of drug-likeness (QED) is 0.573. The first-order chi connectivity index (χ1) is 13.7. The van der Waals surface area contributed by atoms with E-state index in [0.29, 0.717) is 29.3 Å². The van der Waals surface area contributed by atoms with Gasteiger partial charge in [0.1, 0.15) is 21.7 Å². The number of carbonyl (C=O) groups excluding carboxylic acids is 1. The molecule has 0 saturated carbocycles. The second-order valence-electron chi connectivity index (χ2n) is 6.17. The number of hydrogen-bond acceptors (Lipinski definition) is 4. The maximum absolute atomic E-state index is 12.5. The molecule has 0 saturated heterocycles. The van der Waals surface area contributed by atoms with E-state index in [4.69, 9.17) is 15.9 Å². The van der Waals surface area contributed by atoms with E-state index in [1.807, 2.05) is 34.9 Å². The third-order valence-corrected chi connectivity index (χ3v) is 5.45. The number of aryl methyl sites for hydroxylation is 1. The summed E-state index contributed by atoms with van der Waals surface area (Å²) in [5.41, 5.74) is 2.01. The fraction of sp³-hybridized carbons (Fsp3) is 0.273. The number of ether oxygens (including phenoxy) is 2. The number of rotatable bonds is 7. The van der Waals surface area contributed by atoms with Gasteiger partial charge in [-0.1, -0.05) is 47.6 Å². The SMILES string of the molecule is C#CCn1c(=NC(=O)CCCc2ccccc2)sc2c(OC)ccc(OC)c21. The Morgan fingerprint density at radius 3 is 2.54 bits per heavy atom. The predicted octanol–water partition coefficient (Wildman–Crippen LogP) is 3.80. The molecule has 0 radical (unpaired) electrons. The summed E-state index contributed by atoms with van der Waals surface area (Å²) in [6.45, 7) is 0.291. The van der Waals surface area contributed by atoms with E-state index in [9.17, 15) is 4.79 Å². The van der Waals surface area contributed by atoms with E-state index < -0.39 is 0 Å². The van der Waals surface area contributed by atoms with Crippen LogP contribution in [0.1, 0.15) is 18.4 Å². The standard InChI is InChI=1S/C22H22N2O3S/c1-4-15-24-20-17(26-2)13-14-18(27-3)21(20)28-22(24)23-19(25)12-8-11-16-9-6-5-7-10-16/h1,5-7,9-10,13-14H,8,11-12,15H2,2-3H3. The zero-order valence-corrected chi connectivity index (χ0v) is 16.8. The molecule has 144 valence electrons. The zero-order valence-electron chi connectivity index (χ0n) is 16.0. The molecule has 5 nitrogen and oxygen atoms in total. The monoisotopic (exact) mass is 394 g/mol. The Kier molecular flexibility index (Phi) is 6.51. The summed E-state index contributed by atoms with van der Waals surface area (Å²) in [5.74, 6) is 3.84. The van der Waals surface area contributed by atoms with Gasteiger partial charge in [-0.25, -0.2) is 0 Å². The first-order valence-corrected chi connectivity index (χ1v) is 9.78. The summed E-state index contributed by atoms with van der Waals surface area (Å²) in [7, 11) is 3.21. The normalized spacial score (nSPS) is 11.4. The van der Waals surface area contributed by atoms with Crippen molar-refractivity contribution in [3.05, 3.63) is 52.8 Å². The lowest BCUT2D eigenvalue weighted by Crippen LogP contribution is -2.16. The highest BCUT2D eigenvalue weighted by molar-refractivity contribution is 7.16. The van der Waals surface area contributed by atoms with Gasteiger partial charge in [0.15, 0.2) is 4.80 Å². The topological polar surface area (TPSA) is 52.8 Å². The Morgan fingerprint density at radius 1 is 1.14 bits per heavy atom. The van der Waals surface area contributed by atoms with Gasteiger partial charge in [0.2, 0.25) is 5.91 Å². The maximum Gasteiger partial charge on any atom is 0.248 e. The molecular weight excluding hydrogens is 372 g/mol. The molecule has 0 aliphatic carbocycles. The van der Waals surface area contributed by atoms with E-state index in [1.165, 1.54) is 16.9 Å². The van der Waals surface area contributed by atoms with Crippen molar-refractivity contribution in [2.24, 2.45) is 4.99 Å². The van der Waals surface area contributed by atoms with Crippen molar-refractivity contribution in [1.82, 2.24) is 4.57 Å². The number of nitrogens with zero attached hydrogens (tertiary/aromatic N) is 2. The van der Waals surface area contributed by atoms with Crippen LogP contribution in [0.4, 0.5) is 0 Å². The Bertz CT molecular complexity index is 1070. The van der Waals surface area contributed by atoms with Crippen LogP contribution < -0.4 is 14.3 Å². The molecule has 1 aromatic heterocycles. The zero-order chi connectivity index (χ0) is 19.9. The summed E-state index contributed by atoms with van der Waals surface area (Å²) in [6.07, 6.45) is 7.53. The van der Waals surface area contributed by atoms with Crippen LogP contribution in [0, 0.1) is 12.3 Å². The summed E-state index contributed by atoms with van der Waals surface area (Å²) < 4.78 is 13.6. The van der Waals surface area contributed by atoms with Crippen LogP contribution in [0.15, 0.2) is 47.5 Å². The summed E-state index contributed by atoms with van der Waals surface area (Å²) in [4.78, 5) is 17.3. The van der Waals surface area contributed by atoms with Crippen LogP contribution in [0.25, 0.3) is 10.2 Å². The fourth-order valence-electron chi connectivity index (χ4n) is 3.03. The molecule has 0 fully saturated rings. The van der Waals surface area contributed by atoms with Gasteiger partial charge in [0.25, 0.3) is 0 Å². The van der Waals surface area contributed by atoms with Gasteiger partial charge in [-0.3, -0.25) is 4.79 Å². The van der Waals surface area contributed by atoms with Crippen molar-refractivity contribution in [3.8, 4) is 23.8 Å². The maximum atomic E-state index is 12.5. The van der Waals surface area contributed by atoms with Crippen molar-refractivity contribution >= 4 is 27.5 Å². The lowest BCUT2D eigenvalue weighted by atomic mass is 10.1. The van der Waals surface area contributed by atoms with Gasteiger partial charge < -0.3 is 14.0 Å². The second-order valence-corrected chi connectivity index (χ2v) is 7.14. The molecule has 1 amide bonds. The summed E-state index contributed by atoms with van der Waals surface area (Å²) in [5, 5.41) is 0. The Hall–Kier alpha value is -3.04. The van der Waals surface area contributed by atoms with Crippen LogP contribution in [-0.2, 0) is 17.8 Å². The van der Waals surface area contributed by atoms with Gasteiger partial charge in [0.05, 0.1) is 20.8 Å². The van der Waals surface area contributed by atoms with Crippen LogP contribution in [-0.4, -0.2) is 24.7 Å². The smallest absolute Gasteiger partial charge is 0.248 e. The van der Waals surface area contributed by atoms with Gasteiger partial charge in [-0.15, -0.1) is 6.42 Å². The van der Waals surface area contributed by atoms with E-state index >= 15 is 0 Å². The van der Waals surface area contributed by atoms with Crippen molar-refractivity contribution in [2.75, 3.05) is 14.2 Å².